The van der Waals surface area contributed by atoms with Crippen LogP contribution < -0.4 is 4.72 Å². The lowest BCUT2D eigenvalue weighted by molar-refractivity contribution is 0.590. The van der Waals surface area contributed by atoms with Gasteiger partial charge in [0.05, 0.1) is 11.4 Å². The number of nitrogens with zero attached hydrogens (tertiary/aromatic N) is 1. The van der Waals surface area contributed by atoms with Crippen molar-refractivity contribution in [1.29, 1.82) is 5.41 Å². The third kappa shape index (κ3) is 2.92. The Hall–Kier alpha value is -2.03. The molecule has 3 rings (SSSR count). The second-order valence-corrected chi connectivity index (χ2v) is 7.04. The number of aromatic nitrogens is 1. The zero-order valence-corrected chi connectivity index (χ0v) is 14.0. The van der Waals surface area contributed by atoms with Crippen LogP contribution in [-0.4, -0.2) is 24.8 Å². The van der Waals surface area contributed by atoms with E-state index >= 15 is 0 Å². The Bertz CT molecular complexity index is 1000. The molecule has 3 N–H and O–H groups in total. The molecule has 1 aliphatic carbocycles. The molecule has 2 aromatic rings. The molecule has 6 nitrogen and oxygen atoms in total. The standard InChI is InChI=1S/C14H11ClN4O2S2/c15-8-4-5-9-12(6-8)17-7-13(9)23(20,21)19-11-3-1-2-10(16)14(11)18-22/h1-7,16-17,19,22H/b16-10?,18-14+. The molecule has 0 saturated carbocycles. The summed E-state index contributed by atoms with van der Waals surface area (Å²) >= 11 is 9.70. The number of aromatic amines is 1. The topological polar surface area (TPSA) is 98.2 Å². The first kappa shape index (κ1) is 15.9. The van der Waals surface area contributed by atoms with Gasteiger partial charge in [-0.15, -0.1) is 0 Å². The van der Waals surface area contributed by atoms with E-state index in [9.17, 15) is 8.42 Å². The maximum atomic E-state index is 12.6. The van der Waals surface area contributed by atoms with Gasteiger partial charge in [0, 0.05) is 22.1 Å². The quantitative estimate of drug-likeness (QED) is 0.496. The van der Waals surface area contributed by atoms with Crippen molar-refractivity contribution in [3.05, 3.63) is 53.3 Å². The molecule has 118 valence electrons. The average Bonchev–Trinajstić information content (AvgIpc) is 2.91. The van der Waals surface area contributed by atoms with Gasteiger partial charge in [-0.2, -0.15) is 0 Å². The van der Waals surface area contributed by atoms with Crippen LogP contribution in [0.2, 0.25) is 5.02 Å². The van der Waals surface area contributed by atoms with Crippen molar-refractivity contribution in [3.63, 3.8) is 0 Å². The Morgan fingerprint density at radius 1 is 1.35 bits per heavy atom. The second kappa shape index (κ2) is 5.88. The average molecular weight is 367 g/mol. The summed E-state index contributed by atoms with van der Waals surface area (Å²) in [5.41, 5.74) is 1.04. The molecule has 0 atom stereocenters. The number of halogens is 1. The molecule has 0 amide bonds. The van der Waals surface area contributed by atoms with Crippen LogP contribution in [0.5, 0.6) is 0 Å². The van der Waals surface area contributed by atoms with Gasteiger partial charge in [0.2, 0.25) is 0 Å². The van der Waals surface area contributed by atoms with Crippen LogP contribution in [0.4, 0.5) is 0 Å². The summed E-state index contributed by atoms with van der Waals surface area (Å²) < 4.78 is 31.4. The van der Waals surface area contributed by atoms with Crippen molar-refractivity contribution in [2.75, 3.05) is 0 Å². The van der Waals surface area contributed by atoms with Gasteiger partial charge in [-0.05, 0) is 43.2 Å². The van der Waals surface area contributed by atoms with E-state index in [4.69, 9.17) is 17.0 Å². The minimum absolute atomic E-state index is 0.0749. The molecule has 0 saturated heterocycles. The smallest absolute Gasteiger partial charge is 0.264 e. The van der Waals surface area contributed by atoms with Gasteiger partial charge < -0.3 is 4.98 Å². The van der Waals surface area contributed by atoms with Gasteiger partial charge in [0.1, 0.15) is 10.6 Å². The molecule has 0 aliphatic heterocycles. The van der Waals surface area contributed by atoms with Crippen molar-refractivity contribution in [3.8, 4) is 0 Å². The maximum Gasteiger partial charge on any atom is 0.264 e. The summed E-state index contributed by atoms with van der Waals surface area (Å²) in [6.45, 7) is 0. The number of nitrogens with one attached hydrogen (secondary N) is 3. The predicted molar refractivity (Wildman–Crippen MR) is 95.0 cm³/mol. The number of hydrogen-bond acceptors (Lipinski definition) is 5. The molecule has 1 heterocycles. The molecule has 9 heteroatoms. The Labute approximate surface area is 143 Å². The molecule has 0 spiro atoms. The van der Waals surface area contributed by atoms with Crippen molar-refractivity contribution < 1.29 is 8.42 Å². The van der Waals surface area contributed by atoms with Crippen molar-refractivity contribution in [2.24, 2.45) is 4.40 Å². The van der Waals surface area contributed by atoms with Crippen LogP contribution in [0.3, 0.4) is 0 Å². The van der Waals surface area contributed by atoms with Gasteiger partial charge >= 0.3 is 0 Å². The van der Waals surface area contributed by atoms with E-state index in [1.807, 2.05) is 0 Å². The largest absolute Gasteiger partial charge is 0.360 e. The SMILES string of the molecule is N=C1C=CC=C(NS(=O)(=O)c2c[nH]c3cc(Cl)ccc23)/C1=N/S. The van der Waals surface area contributed by atoms with Crippen LogP contribution in [0.1, 0.15) is 0 Å². The number of sulfonamides is 1. The fourth-order valence-electron chi connectivity index (χ4n) is 2.23. The Kier molecular flexibility index (Phi) is 4.05. The predicted octanol–water partition coefficient (Wildman–Crippen LogP) is 2.86. The monoisotopic (exact) mass is 366 g/mol. The minimum atomic E-state index is -3.86. The van der Waals surface area contributed by atoms with Crippen LogP contribution >= 0.6 is 24.4 Å². The molecule has 23 heavy (non-hydrogen) atoms. The minimum Gasteiger partial charge on any atom is -0.360 e. The molecule has 0 unspecified atom stereocenters. The fourth-order valence-corrected chi connectivity index (χ4v) is 3.86. The van der Waals surface area contributed by atoms with E-state index in [1.165, 1.54) is 18.3 Å². The number of rotatable bonds is 3. The first-order valence-corrected chi connectivity index (χ1v) is 8.67. The molecule has 1 aromatic carbocycles. The van der Waals surface area contributed by atoms with E-state index in [0.717, 1.165) is 0 Å². The Balaban J connectivity index is 2.03. The Morgan fingerprint density at radius 3 is 2.87 bits per heavy atom. The third-order valence-corrected chi connectivity index (χ3v) is 5.12. The summed E-state index contributed by atoms with van der Waals surface area (Å²) in [6.07, 6.45) is 5.99. The molecule has 1 aromatic heterocycles. The number of thiol groups is 1. The summed E-state index contributed by atoms with van der Waals surface area (Å²) in [5.74, 6) is 0. The van der Waals surface area contributed by atoms with Gasteiger partial charge in [0.25, 0.3) is 10.0 Å². The van der Waals surface area contributed by atoms with E-state index in [2.05, 4.69) is 26.9 Å². The molecule has 0 fully saturated rings. The molecule has 0 radical (unpaired) electrons. The summed E-state index contributed by atoms with van der Waals surface area (Å²) in [7, 11) is -3.86. The number of hydrogen-bond donors (Lipinski definition) is 4. The fraction of sp³-hybridized carbons (Fsp3) is 0. The highest BCUT2D eigenvalue weighted by Crippen LogP contribution is 2.26. The lowest BCUT2D eigenvalue weighted by atomic mass is 10.1. The highest BCUT2D eigenvalue weighted by Gasteiger charge is 2.23. The summed E-state index contributed by atoms with van der Waals surface area (Å²) in [4.78, 5) is 2.97. The van der Waals surface area contributed by atoms with Gasteiger partial charge in [-0.1, -0.05) is 17.7 Å². The van der Waals surface area contributed by atoms with E-state index in [1.54, 1.807) is 24.3 Å². The molecular formula is C14H11ClN4O2S2. The van der Waals surface area contributed by atoms with Crippen molar-refractivity contribution >= 4 is 56.8 Å². The second-order valence-electron chi connectivity index (χ2n) is 4.75. The van der Waals surface area contributed by atoms with E-state index in [-0.39, 0.29) is 22.0 Å². The highest BCUT2D eigenvalue weighted by atomic mass is 35.5. The lowest BCUT2D eigenvalue weighted by Gasteiger charge is -2.14. The number of H-pyrrole nitrogens is 1. The molecular weight excluding hydrogens is 356 g/mol. The zero-order valence-electron chi connectivity index (χ0n) is 11.5. The van der Waals surface area contributed by atoms with Crippen molar-refractivity contribution in [1.82, 2.24) is 9.71 Å². The summed E-state index contributed by atoms with van der Waals surface area (Å²) in [5, 5.41) is 8.78. The van der Waals surface area contributed by atoms with Gasteiger partial charge in [-0.3, -0.25) is 10.1 Å². The number of fused-ring (bicyclic) bond motifs is 1. The third-order valence-electron chi connectivity index (χ3n) is 3.28. The summed E-state index contributed by atoms with van der Waals surface area (Å²) in [6, 6.07) is 4.90. The Morgan fingerprint density at radius 2 is 2.13 bits per heavy atom. The first-order valence-electron chi connectivity index (χ1n) is 6.41. The van der Waals surface area contributed by atoms with E-state index < -0.39 is 10.0 Å². The number of benzene rings is 1. The molecule has 1 aliphatic rings. The van der Waals surface area contributed by atoms with Crippen LogP contribution in [0, 0.1) is 5.41 Å². The normalized spacial score (nSPS) is 16.9. The first-order chi connectivity index (χ1) is 10.9. The maximum absolute atomic E-state index is 12.6. The van der Waals surface area contributed by atoms with Gasteiger partial charge in [-0.25, -0.2) is 12.8 Å². The lowest BCUT2D eigenvalue weighted by Crippen LogP contribution is -2.31. The van der Waals surface area contributed by atoms with Crippen LogP contribution in [0.15, 0.2) is 57.6 Å². The van der Waals surface area contributed by atoms with E-state index in [0.29, 0.717) is 15.9 Å². The van der Waals surface area contributed by atoms with Crippen molar-refractivity contribution in [2.45, 2.75) is 4.90 Å². The van der Waals surface area contributed by atoms with Gasteiger partial charge in [0.15, 0.2) is 0 Å². The molecule has 0 bridgehead atoms. The zero-order chi connectivity index (χ0) is 16.6. The van der Waals surface area contributed by atoms with Crippen LogP contribution in [0.25, 0.3) is 10.9 Å². The van der Waals surface area contributed by atoms with Crippen LogP contribution in [-0.2, 0) is 10.0 Å². The number of allylic oxidation sites excluding steroid dienone is 4. The highest BCUT2D eigenvalue weighted by molar-refractivity contribution is 7.90.